The first-order valence-corrected chi connectivity index (χ1v) is 19.7. The Hall–Kier alpha value is -1.46. The smallest absolute Gasteiger partial charge is 0.218 e. The summed E-state index contributed by atoms with van der Waals surface area (Å²) < 4.78 is 83.2. The summed E-state index contributed by atoms with van der Waals surface area (Å²) in [6.45, 7) is -2.15. The third-order valence-corrected chi connectivity index (χ3v) is 10.4. The first-order valence-electron chi connectivity index (χ1n) is 18.4. The van der Waals surface area contributed by atoms with Gasteiger partial charge in [-0.25, -0.2) is 8.42 Å². The van der Waals surface area contributed by atoms with Gasteiger partial charge in [-0.15, -0.1) is 0 Å². The van der Waals surface area contributed by atoms with E-state index in [2.05, 4.69) is 9.50 Å². The molecule has 0 saturated carbocycles. The molecule has 4 heterocycles. The molecule has 14 N–H and O–H groups in total. The average Bonchev–Trinajstić information content (AvgIpc) is 3.17. The van der Waals surface area contributed by atoms with Crippen LogP contribution in [0.1, 0.15) is 26.2 Å². The summed E-state index contributed by atoms with van der Waals surface area (Å²) in [4.78, 5) is 12.3. The molecule has 4 saturated heterocycles. The fourth-order valence-corrected chi connectivity index (χ4v) is 7.43. The number of nitrogens with one attached hydrogen (secondary N) is 1. The van der Waals surface area contributed by atoms with Crippen LogP contribution in [0.5, 0.6) is 0 Å². The predicted octanol–water partition coefficient (Wildman–Crippen LogP) is -8.97. The van der Waals surface area contributed by atoms with Crippen molar-refractivity contribution in [3.05, 3.63) is 0 Å². The maximum atomic E-state index is 12.3. The minimum Gasteiger partial charge on any atom is -0.726 e. The molecule has 0 aliphatic carbocycles. The molecule has 4 rings (SSSR count). The quantitative estimate of drug-likeness (QED) is 0.0326. The lowest BCUT2D eigenvalue weighted by molar-refractivity contribution is -0.381. The largest absolute Gasteiger partial charge is 0.726 e. The monoisotopic (exact) mass is 871 g/mol. The Bertz CT molecular complexity index is 1370. The van der Waals surface area contributed by atoms with Gasteiger partial charge < -0.3 is 110 Å². The zero-order chi connectivity index (χ0) is 43.1. The molecule has 1 amide bonds. The normalized spacial score (nSPS) is 43.9. The van der Waals surface area contributed by atoms with Crippen LogP contribution >= 0.6 is 0 Å². The number of amides is 1. The molecule has 0 spiro atoms. The van der Waals surface area contributed by atoms with E-state index in [0.717, 1.165) is 13.3 Å². The number of ether oxygens (including phenoxy) is 8. The number of hydrogen-bond acceptors (Lipinski definition) is 25. The molecule has 4 aliphatic heterocycles. The van der Waals surface area contributed by atoms with Gasteiger partial charge in [-0.05, 0) is 25.8 Å². The Morgan fingerprint density at radius 3 is 1.57 bits per heavy atom. The summed E-state index contributed by atoms with van der Waals surface area (Å²) in [5, 5.41) is 119. The lowest BCUT2D eigenvalue weighted by Crippen LogP contribution is -2.70. The van der Waals surface area contributed by atoms with E-state index < -0.39 is 165 Å². The lowest BCUT2D eigenvalue weighted by atomic mass is 9.94. The van der Waals surface area contributed by atoms with Gasteiger partial charge in [0.25, 0.3) is 0 Å². The topological polar surface area (TPSA) is 418 Å². The van der Waals surface area contributed by atoms with Gasteiger partial charge in [0.15, 0.2) is 25.2 Å². The van der Waals surface area contributed by atoms with Crippen LogP contribution in [0.3, 0.4) is 0 Å². The Balaban J connectivity index is 1.53. The second-order valence-corrected chi connectivity index (χ2v) is 15.1. The zero-order valence-corrected chi connectivity index (χ0v) is 31.9. The Morgan fingerprint density at radius 1 is 0.603 bits per heavy atom. The first-order chi connectivity index (χ1) is 27.4. The van der Waals surface area contributed by atoms with Crippen molar-refractivity contribution in [3.63, 3.8) is 0 Å². The number of unbranched alkanes of at least 4 members (excludes halogenated alkanes) is 2. The minimum atomic E-state index is -5.56. The molecular weight excluding hydrogens is 816 g/mol. The highest BCUT2D eigenvalue weighted by atomic mass is 32.3. The molecular formula is C31H55N2O24S-. The van der Waals surface area contributed by atoms with Crippen molar-refractivity contribution in [2.24, 2.45) is 5.73 Å². The molecule has 0 aromatic heterocycles. The van der Waals surface area contributed by atoms with E-state index in [1.807, 2.05) is 0 Å². The van der Waals surface area contributed by atoms with Crippen LogP contribution in [0, 0.1) is 0 Å². The second kappa shape index (κ2) is 22.1. The van der Waals surface area contributed by atoms with Gasteiger partial charge in [-0.1, -0.05) is 0 Å². The highest BCUT2D eigenvalue weighted by Crippen LogP contribution is 2.35. The van der Waals surface area contributed by atoms with Gasteiger partial charge >= 0.3 is 0 Å². The summed E-state index contributed by atoms with van der Waals surface area (Å²) in [6.07, 6.45) is -33.2. The number of carbonyl (C=O) groups is 1. The maximum absolute atomic E-state index is 12.3. The lowest BCUT2D eigenvalue weighted by Gasteiger charge is -2.50. The van der Waals surface area contributed by atoms with E-state index in [0.29, 0.717) is 19.4 Å². The summed E-state index contributed by atoms with van der Waals surface area (Å²) in [5.74, 6) is -0.825. The summed E-state index contributed by atoms with van der Waals surface area (Å²) in [7, 11) is -5.56. The van der Waals surface area contributed by atoms with Gasteiger partial charge in [-0.3, -0.25) is 8.98 Å². The van der Waals surface area contributed by atoms with E-state index in [-0.39, 0.29) is 6.61 Å². The van der Waals surface area contributed by atoms with Crippen molar-refractivity contribution >= 4 is 16.3 Å². The van der Waals surface area contributed by atoms with E-state index >= 15 is 0 Å². The van der Waals surface area contributed by atoms with Crippen LogP contribution in [0.2, 0.25) is 0 Å². The molecule has 4 fully saturated rings. The number of carbonyl (C=O) groups excluding carboxylic acids is 1. The van der Waals surface area contributed by atoms with E-state index in [1.54, 1.807) is 0 Å². The minimum absolute atomic E-state index is 0.119. The van der Waals surface area contributed by atoms with Crippen molar-refractivity contribution in [2.45, 2.75) is 149 Å². The van der Waals surface area contributed by atoms with Crippen LogP contribution in [-0.4, -0.2) is 237 Å². The number of aliphatic hydroxyl groups excluding tert-OH is 11. The fraction of sp³-hybridized carbons (Fsp3) is 0.968. The fourth-order valence-electron chi connectivity index (χ4n) is 6.93. The van der Waals surface area contributed by atoms with Gasteiger partial charge in [0.1, 0.15) is 97.6 Å². The predicted molar refractivity (Wildman–Crippen MR) is 181 cm³/mol. The van der Waals surface area contributed by atoms with Crippen molar-refractivity contribution in [1.82, 2.24) is 5.32 Å². The second-order valence-electron chi connectivity index (χ2n) is 14.1. The van der Waals surface area contributed by atoms with E-state index in [4.69, 9.17) is 43.6 Å². The molecule has 0 aromatic carbocycles. The standard InChI is InChI=1S/C31H56N2O24S/c1-11(38)33-16-19(41)24(54-31-23(45)27(57-58(46,47)48)18(40)13(8-35)51-31)14(9-36)52-28(16)56-26-17(39)12(7-34)50-30(22(26)44)55-25-15(10-37)53-29(21(43)20(25)42)49-6-4-2-3-5-32/h12-31,34-37,39-45H,2-10,32H2,1H3,(H,33,38)(H,46,47,48)/p-1/t12-,13-,14-,15-,16-,17+,18+,19-,20-,21-,22-,23-,24-,25-,26+,27+,28+,29-,30+,31+/m1/s1. The van der Waals surface area contributed by atoms with Gasteiger partial charge in [-0.2, -0.15) is 0 Å². The first kappa shape index (κ1) is 49.2. The molecule has 26 nitrogen and oxygen atoms in total. The van der Waals surface area contributed by atoms with Crippen LogP contribution in [0.4, 0.5) is 0 Å². The van der Waals surface area contributed by atoms with Crippen LogP contribution in [0.25, 0.3) is 0 Å². The highest BCUT2D eigenvalue weighted by Gasteiger charge is 2.56. The van der Waals surface area contributed by atoms with E-state index in [9.17, 15) is 73.9 Å². The molecule has 20 atom stereocenters. The molecule has 27 heteroatoms. The Kier molecular flexibility index (Phi) is 18.7. The van der Waals surface area contributed by atoms with Crippen molar-refractivity contribution in [2.75, 3.05) is 39.6 Å². The van der Waals surface area contributed by atoms with Crippen LogP contribution < -0.4 is 11.1 Å². The zero-order valence-electron chi connectivity index (χ0n) is 31.1. The number of nitrogens with two attached hydrogens (primary N) is 1. The Labute approximate surface area is 331 Å². The molecule has 0 aromatic rings. The van der Waals surface area contributed by atoms with Crippen LogP contribution in [0.15, 0.2) is 0 Å². The van der Waals surface area contributed by atoms with Crippen molar-refractivity contribution in [1.29, 1.82) is 0 Å². The maximum Gasteiger partial charge on any atom is 0.218 e. The number of aliphatic hydroxyl groups is 11. The molecule has 0 unspecified atom stereocenters. The van der Waals surface area contributed by atoms with Crippen molar-refractivity contribution in [3.8, 4) is 0 Å². The van der Waals surface area contributed by atoms with Gasteiger partial charge in [0, 0.05) is 13.5 Å². The molecule has 340 valence electrons. The number of rotatable bonds is 19. The summed E-state index contributed by atoms with van der Waals surface area (Å²) >= 11 is 0. The van der Waals surface area contributed by atoms with Crippen LogP contribution in [-0.2, 0) is 57.3 Å². The third kappa shape index (κ3) is 11.9. The summed E-state index contributed by atoms with van der Waals surface area (Å²) in [6, 6.07) is -1.73. The van der Waals surface area contributed by atoms with Crippen molar-refractivity contribution < 1.29 is 116 Å². The molecule has 58 heavy (non-hydrogen) atoms. The average molecular weight is 872 g/mol. The van der Waals surface area contributed by atoms with Gasteiger partial charge in [0.2, 0.25) is 16.3 Å². The number of hydrogen-bond donors (Lipinski definition) is 13. The van der Waals surface area contributed by atoms with E-state index in [1.165, 1.54) is 0 Å². The SMILES string of the molecule is CC(=O)N[C@H]1[C@H](O[C@H]2[C@@H](O)[C@@H](CO)O[C@@H](O[C@H]3[C@H](O)[C@@H](O)[C@H](OCCCCCN)O[C@@H]3CO)[C@@H]2O)O[C@H](CO)[C@@H](O[C@@H]2O[C@H](CO)[C@H](O)[C@H](OS(=O)(=O)[O-])[C@H]2O)[C@@H]1O. The molecule has 0 bridgehead atoms. The summed E-state index contributed by atoms with van der Waals surface area (Å²) in [5.41, 5.74) is 5.48. The highest BCUT2D eigenvalue weighted by molar-refractivity contribution is 7.80. The molecule has 4 aliphatic rings. The Morgan fingerprint density at radius 2 is 1.07 bits per heavy atom. The van der Waals surface area contributed by atoms with Gasteiger partial charge in [0.05, 0.1) is 26.4 Å². The third-order valence-electron chi connectivity index (χ3n) is 9.92. The molecule has 0 radical (unpaired) electrons.